The molecule has 0 spiro atoms. The summed E-state index contributed by atoms with van der Waals surface area (Å²) in [7, 11) is -10.7. The van der Waals surface area contributed by atoms with E-state index in [1.165, 1.54) is 27.1 Å². The molecule has 22 heavy (non-hydrogen) atoms. The third-order valence-corrected chi connectivity index (χ3v) is 3.53. The van der Waals surface area contributed by atoms with Gasteiger partial charge in [0, 0.05) is 17.6 Å². The summed E-state index contributed by atoms with van der Waals surface area (Å²) in [5, 5.41) is 0. The molecule has 2 rings (SSSR count). The first-order chi connectivity index (χ1) is 9.83. The predicted octanol–water partition coefficient (Wildman–Crippen LogP) is 7.04. The topological polar surface area (TPSA) is 0 Å². The van der Waals surface area contributed by atoms with Crippen molar-refractivity contribution in [3.05, 3.63) is 60.2 Å². The Morgan fingerprint density at radius 2 is 1.14 bits per heavy atom. The van der Waals surface area contributed by atoms with Gasteiger partial charge < -0.3 is 0 Å². The molecule has 124 valence electrons. The number of benzene rings is 2. The molecular formula is C13H12ClF6PS. The van der Waals surface area contributed by atoms with Gasteiger partial charge in [-0.2, -0.15) is 0 Å². The standard InChI is InChI=1S/C13H11ClS.F6P/c14-10-11-6-8-13(9-7-11)15-12-4-2-1-3-5-12;1-7(2,3,4,5)6/h1-9H,10H2;/q;-1/p+1. The minimum atomic E-state index is -10.7. The average Bonchev–Trinajstić information content (AvgIpc) is 2.37. The van der Waals surface area contributed by atoms with Gasteiger partial charge in [-0.15, -0.1) is 11.6 Å². The quantitative estimate of drug-likeness (QED) is 0.176. The van der Waals surface area contributed by atoms with Gasteiger partial charge in [0.1, 0.15) is 0 Å². The molecule has 0 heterocycles. The summed E-state index contributed by atoms with van der Waals surface area (Å²) < 4.78 is 59.2. The Balaban J connectivity index is 0.000000295. The number of hydrogen-bond acceptors (Lipinski definition) is 0. The van der Waals surface area contributed by atoms with E-state index in [1.807, 2.05) is 6.07 Å². The van der Waals surface area contributed by atoms with Gasteiger partial charge in [0.25, 0.3) is 0 Å². The van der Waals surface area contributed by atoms with Crippen LogP contribution in [-0.2, 0) is 17.6 Å². The van der Waals surface area contributed by atoms with E-state index in [-0.39, 0.29) is 0 Å². The summed E-state index contributed by atoms with van der Waals surface area (Å²) in [5.74, 6) is 0.586. The molecule has 2 aromatic rings. The molecule has 0 aliphatic rings. The van der Waals surface area contributed by atoms with E-state index in [4.69, 9.17) is 11.6 Å². The molecule has 0 saturated carbocycles. The molecule has 0 fully saturated rings. The van der Waals surface area contributed by atoms with Crippen molar-refractivity contribution in [3.8, 4) is 0 Å². The van der Waals surface area contributed by atoms with Crippen LogP contribution in [0.1, 0.15) is 5.56 Å². The fraction of sp³-hybridized carbons (Fsp3) is 0.0769. The van der Waals surface area contributed by atoms with E-state index in [0.717, 1.165) is 0 Å². The fourth-order valence-electron chi connectivity index (χ4n) is 1.31. The summed E-state index contributed by atoms with van der Waals surface area (Å²) in [6, 6.07) is 18.9. The zero-order valence-electron chi connectivity index (χ0n) is 10.9. The zero-order valence-corrected chi connectivity index (χ0v) is 13.5. The Morgan fingerprint density at radius 1 is 0.727 bits per heavy atom. The van der Waals surface area contributed by atoms with E-state index in [2.05, 4.69) is 48.5 Å². The molecule has 2 aromatic carbocycles. The number of thiol groups is 1. The molecule has 0 amide bonds. The molecule has 0 unspecified atom stereocenters. The van der Waals surface area contributed by atoms with Gasteiger partial charge in [0.15, 0.2) is 9.79 Å². The van der Waals surface area contributed by atoms with E-state index >= 15 is 0 Å². The molecule has 0 atom stereocenters. The molecule has 9 heteroatoms. The van der Waals surface area contributed by atoms with Crippen LogP contribution in [0.2, 0.25) is 0 Å². The van der Waals surface area contributed by atoms with Gasteiger partial charge in [-0.1, -0.05) is 30.3 Å². The molecule has 0 saturated heterocycles. The minimum absolute atomic E-state index is 0.586. The first-order valence-electron chi connectivity index (χ1n) is 5.81. The van der Waals surface area contributed by atoms with Crippen molar-refractivity contribution in [2.75, 3.05) is 0 Å². The van der Waals surface area contributed by atoms with Gasteiger partial charge in [0.2, 0.25) is 0 Å². The van der Waals surface area contributed by atoms with Gasteiger partial charge in [-0.25, -0.2) is 0 Å². The fourth-order valence-corrected chi connectivity index (χ4v) is 2.41. The second-order valence-corrected chi connectivity index (χ2v) is 7.65. The Hall–Kier alpha value is -0.910. The van der Waals surface area contributed by atoms with Crippen LogP contribution in [0, 0.1) is 0 Å². The van der Waals surface area contributed by atoms with Gasteiger partial charge >= 0.3 is 33.0 Å². The molecular weight excluding hydrogens is 369 g/mol. The Bertz CT molecular complexity index is 586. The maximum atomic E-state index is 9.87. The van der Waals surface area contributed by atoms with Crippen molar-refractivity contribution in [2.45, 2.75) is 15.7 Å². The summed E-state index contributed by atoms with van der Waals surface area (Å²) in [6.07, 6.45) is 0. The van der Waals surface area contributed by atoms with E-state index in [9.17, 15) is 25.2 Å². The summed E-state index contributed by atoms with van der Waals surface area (Å²) in [4.78, 5) is 2.62. The van der Waals surface area contributed by atoms with Crippen LogP contribution in [0.3, 0.4) is 0 Å². The van der Waals surface area contributed by atoms with Crippen LogP contribution in [0.5, 0.6) is 0 Å². The first kappa shape index (κ1) is 19.1. The number of halogens is 7. The Labute approximate surface area is 132 Å². The van der Waals surface area contributed by atoms with Crippen molar-refractivity contribution < 1.29 is 25.2 Å². The van der Waals surface area contributed by atoms with Crippen LogP contribution in [0.4, 0.5) is 25.2 Å². The van der Waals surface area contributed by atoms with Crippen molar-refractivity contribution in [2.24, 2.45) is 0 Å². The summed E-state index contributed by atoms with van der Waals surface area (Å²) in [6.45, 7) is 0. The monoisotopic (exact) mass is 380 g/mol. The van der Waals surface area contributed by atoms with Gasteiger partial charge in [-0.3, -0.25) is 0 Å². The van der Waals surface area contributed by atoms with E-state index in [0.29, 0.717) is 5.88 Å². The maximum absolute atomic E-state index is 10.7. The van der Waals surface area contributed by atoms with Crippen LogP contribution in [-0.4, -0.2) is 0 Å². The molecule has 0 radical (unpaired) electrons. The SMILES string of the molecule is ClCc1ccc([SH+]c2ccccc2)cc1.F[P-](F)(F)(F)(F)F. The Kier molecular flexibility index (Phi) is 5.48. The molecule has 0 bridgehead atoms. The number of hydrogen-bond donors (Lipinski definition) is 0. The molecule has 0 N–H and O–H groups in total. The molecule has 0 aliphatic heterocycles. The van der Waals surface area contributed by atoms with Crippen LogP contribution in [0.25, 0.3) is 0 Å². The summed E-state index contributed by atoms with van der Waals surface area (Å²) >= 11 is 6.98. The second-order valence-electron chi connectivity index (χ2n) is 4.21. The predicted molar refractivity (Wildman–Crippen MR) is 81.3 cm³/mol. The number of rotatable bonds is 3. The first-order valence-corrected chi connectivity index (χ1v) is 9.27. The van der Waals surface area contributed by atoms with Crippen molar-refractivity contribution >= 4 is 31.2 Å². The summed E-state index contributed by atoms with van der Waals surface area (Å²) in [5.41, 5.74) is 1.17. The van der Waals surface area contributed by atoms with Gasteiger partial charge in [0.05, 0.1) is 0 Å². The third-order valence-electron chi connectivity index (χ3n) is 2.11. The zero-order chi connectivity index (χ0) is 16.9. The van der Waals surface area contributed by atoms with Crippen molar-refractivity contribution in [1.82, 2.24) is 0 Å². The van der Waals surface area contributed by atoms with Gasteiger partial charge in [-0.05, 0) is 29.8 Å². The number of alkyl halides is 1. The molecule has 0 aliphatic carbocycles. The van der Waals surface area contributed by atoms with Crippen LogP contribution in [0.15, 0.2) is 64.4 Å². The van der Waals surface area contributed by atoms with Crippen LogP contribution >= 0.6 is 19.4 Å². The Morgan fingerprint density at radius 3 is 1.55 bits per heavy atom. The average molecular weight is 381 g/mol. The third kappa shape index (κ3) is 11.7. The van der Waals surface area contributed by atoms with Crippen molar-refractivity contribution in [3.63, 3.8) is 0 Å². The second kappa shape index (κ2) is 6.30. The van der Waals surface area contributed by atoms with E-state index in [1.54, 1.807) is 0 Å². The molecule has 0 aromatic heterocycles. The molecule has 0 nitrogen and oxygen atoms in total. The van der Waals surface area contributed by atoms with Crippen LogP contribution < -0.4 is 0 Å². The normalized spacial score (nSPS) is 14.3. The van der Waals surface area contributed by atoms with E-state index < -0.39 is 7.81 Å². The van der Waals surface area contributed by atoms with Crippen molar-refractivity contribution in [1.29, 1.82) is 0 Å².